The topological polar surface area (TPSA) is 75.6 Å². The molecule has 0 aliphatic carbocycles. The van der Waals surface area contributed by atoms with Crippen LogP contribution in [0.2, 0.25) is 0 Å². The van der Waals surface area contributed by atoms with E-state index in [4.69, 9.17) is 9.84 Å². The summed E-state index contributed by atoms with van der Waals surface area (Å²) in [5.74, 6) is 5.79. The minimum absolute atomic E-state index is 0.0517. The second kappa shape index (κ2) is 7.92. The summed E-state index contributed by atoms with van der Waals surface area (Å²) in [4.78, 5) is 1.81. The number of aliphatic hydroxyl groups is 1. The number of hydrogen-bond donors (Lipinski definition) is 2. The van der Waals surface area contributed by atoms with E-state index in [0.29, 0.717) is 39.0 Å². The largest absolute Gasteiger partial charge is 0.395 e. The summed E-state index contributed by atoms with van der Waals surface area (Å²) < 4.78 is 32.2. The Morgan fingerprint density at radius 3 is 2.86 bits per heavy atom. The van der Waals surface area contributed by atoms with E-state index in [1.807, 2.05) is 12.1 Å². The molecule has 1 fully saturated rings. The third-order valence-corrected chi connectivity index (χ3v) is 6.06. The van der Waals surface area contributed by atoms with Crippen LogP contribution in [-0.2, 0) is 21.3 Å². The lowest BCUT2D eigenvalue weighted by atomic mass is 10.2. The molecule has 2 rings (SSSR count). The lowest BCUT2D eigenvalue weighted by Gasteiger charge is -2.22. The number of nitrogens with one attached hydrogen (secondary N) is 1. The molecule has 0 saturated carbocycles. The summed E-state index contributed by atoms with van der Waals surface area (Å²) in [6, 6.07) is 3.74. The standard InChI is InChI=1S/C14H19NO4S2/c16-8-2-1-3-12-4-5-13(20-12)11-15-21(17,18)14-6-9-19-10-7-14/h4-5,14-16H,2,6-11H2. The number of thiophene rings is 1. The highest BCUT2D eigenvalue weighted by Crippen LogP contribution is 2.18. The molecule has 0 bridgehead atoms. The van der Waals surface area contributed by atoms with Crippen LogP contribution in [-0.4, -0.2) is 38.6 Å². The molecule has 0 radical (unpaired) electrons. The molecule has 0 spiro atoms. The Labute approximate surface area is 129 Å². The number of aliphatic hydroxyl groups excluding tert-OH is 1. The first-order valence-corrected chi connectivity index (χ1v) is 9.23. The summed E-state index contributed by atoms with van der Waals surface area (Å²) in [5, 5.41) is 8.31. The third-order valence-electron chi connectivity index (χ3n) is 3.16. The van der Waals surface area contributed by atoms with Gasteiger partial charge < -0.3 is 9.84 Å². The summed E-state index contributed by atoms with van der Waals surface area (Å²) in [6.45, 7) is 1.37. The van der Waals surface area contributed by atoms with Gasteiger partial charge in [0.25, 0.3) is 0 Å². The van der Waals surface area contributed by atoms with Crippen molar-refractivity contribution in [3.8, 4) is 11.8 Å². The van der Waals surface area contributed by atoms with Gasteiger partial charge in [-0.15, -0.1) is 11.3 Å². The second-order valence-corrected chi connectivity index (χ2v) is 7.93. The number of ether oxygens (including phenoxy) is 1. The van der Waals surface area contributed by atoms with Gasteiger partial charge in [0, 0.05) is 31.1 Å². The maximum Gasteiger partial charge on any atom is 0.214 e. The number of hydrogen-bond acceptors (Lipinski definition) is 5. The van der Waals surface area contributed by atoms with E-state index in [0.717, 1.165) is 9.75 Å². The van der Waals surface area contributed by atoms with Crippen molar-refractivity contribution in [2.24, 2.45) is 0 Å². The summed E-state index contributed by atoms with van der Waals surface area (Å²) in [7, 11) is -3.29. The summed E-state index contributed by atoms with van der Waals surface area (Å²) in [6.07, 6.45) is 1.55. The molecule has 116 valence electrons. The van der Waals surface area contributed by atoms with E-state index in [1.54, 1.807) is 0 Å². The zero-order valence-corrected chi connectivity index (χ0v) is 13.3. The Morgan fingerprint density at radius 1 is 1.38 bits per heavy atom. The molecule has 1 aromatic heterocycles. The fourth-order valence-corrected chi connectivity index (χ4v) is 4.34. The van der Waals surface area contributed by atoms with Gasteiger partial charge in [0.05, 0.1) is 16.7 Å². The zero-order valence-electron chi connectivity index (χ0n) is 11.7. The molecule has 0 amide bonds. The molecule has 0 unspecified atom stereocenters. The van der Waals surface area contributed by atoms with Gasteiger partial charge in [-0.3, -0.25) is 0 Å². The monoisotopic (exact) mass is 329 g/mol. The molecular weight excluding hydrogens is 310 g/mol. The van der Waals surface area contributed by atoms with Gasteiger partial charge in [-0.2, -0.15) is 0 Å². The average molecular weight is 329 g/mol. The van der Waals surface area contributed by atoms with Crippen LogP contribution >= 0.6 is 11.3 Å². The van der Waals surface area contributed by atoms with Gasteiger partial charge in [-0.05, 0) is 25.0 Å². The Balaban J connectivity index is 1.89. The smallest absolute Gasteiger partial charge is 0.214 e. The van der Waals surface area contributed by atoms with Crippen LogP contribution < -0.4 is 4.72 Å². The predicted octanol–water partition coefficient (Wildman–Crippen LogP) is 1.08. The molecule has 5 nitrogen and oxygen atoms in total. The van der Waals surface area contributed by atoms with Gasteiger partial charge in [-0.1, -0.05) is 11.8 Å². The Bertz CT molecular complexity index is 606. The van der Waals surface area contributed by atoms with Crippen molar-refractivity contribution in [1.82, 2.24) is 4.72 Å². The Morgan fingerprint density at radius 2 is 2.14 bits per heavy atom. The highest BCUT2D eigenvalue weighted by Gasteiger charge is 2.27. The molecule has 1 aromatic rings. The van der Waals surface area contributed by atoms with Gasteiger partial charge >= 0.3 is 0 Å². The van der Waals surface area contributed by atoms with Crippen molar-refractivity contribution in [3.05, 3.63) is 21.9 Å². The van der Waals surface area contributed by atoms with Crippen LogP contribution in [0, 0.1) is 11.8 Å². The van der Waals surface area contributed by atoms with Crippen molar-refractivity contribution in [2.45, 2.75) is 31.1 Å². The quantitative estimate of drug-likeness (QED) is 0.793. The second-order valence-electron chi connectivity index (χ2n) is 4.72. The van der Waals surface area contributed by atoms with Crippen LogP contribution in [0.4, 0.5) is 0 Å². The van der Waals surface area contributed by atoms with Crippen LogP contribution in [0.25, 0.3) is 0 Å². The van der Waals surface area contributed by atoms with Crippen molar-refractivity contribution < 1.29 is 18.3 Å². The van der Waals surface area contributed by atoms with Crippen molar-refractivity contribution in [1.29, 1.82) is 0 Å². The van der Waals surface area contributed by atoms with Crippen molar-refractivity contribution in [3.63, 3.8) is 0 Å². The summed E-state index contributed by atoms with van der Waals surface area (Å²) in [5.41, 5.74) is 0. The fraction of sp³-hybridized carbons (Fsp3) is 0.571. The molecule has 0 aromatic carbocycles. The van der Waals surface area contributed by atoms with E-state index in [9.17, 15) is 8.42 Å². The van der Waals surface area contributed by atoms with E-state index in [-0.39, 0.29) is 11.9 Å². The van der Waals surface area contributed by atoms with Crippen molar-refractivity contribution in [2.75, 3.05) is 19.8 Å². The highest BCUT2D eigenvalue weighted by atomic mass is 32.2. The van der Waals surface area contributed by atoms with Crippen LogP contribution in [0.1, 0.15) is 29.0 Å². The van der Waals surface area contributed by atoms with E-state index < -0.39 is 10.0 Å². The number of sulfonamides is 1. The molecule has 7 heteroatoms. The lowest BCUT2D eigenvalue weighted by Crippen LogP contribution is -2.37. The van der Waals surface area contributed by atoms with E-state index in [1.165, 1.54) is 11.3 Å². The van der Waals surface area contributed by atoms with Gasteiger partial charge in [0.2, 0.25) is 10.0 Å². The van der Waals surface area contributed by atoms with Crippen molar-refractivity contribution >= 4 is 21.4 Å². The first-order valence-electron chi connectivity index (χ1n) is 6.86. The molecule has 2 N–H and O–H groups in total. The SMILES string of the molecule is O=S(=O)(NCc1ccc(C#CCCO)s1)C1CCOCC1. The van der Waals surface area contributed by atoms with E-state index in [2.05, 4.69) is 16.6 Å². The molecule has 21 heavy (non-hydrogen) atoms. The highest BCUT2D eigenvalue weighted by molar-refractivity contribution is 7.90. The normalized spacial score (nSPS) is 16.4. The van der Waals surface area contributed by atoms with Gasteiger partial charge in [0.1, 0.15) is 0 Å². The fourth-order valence-electron chi connectivity index (χ4n) is 2.02. The maximum atomic E-state index is 12.2. The first kappa shape index (κ1) is 16.5. The van der Waals surface area contributed by atoms with Crippen LogP contribution in [0.5, 0.6) is 0 Å². The molecular formula is C14H19NO4S2. The van der Waals surface area contributed by atoms with Gasteiger partial charge in [0.15, 0.2) is 0 Å². The molecule has 1 aliphatic heterocycles. The van der Waals surface area contributed by atoms with Crippen LogP contribution in [0.3, 0.4) is 0 Å². The van der Waals surface area contributed by atoms with Crippen LogP contribution in [0.15, 0.2) is 12.1 Å². The molecule has 1 aliphatic rings. The maximum absolute atomic E-state index is 12.2. The van der Waals surface area contributed by atoms with Gasteiger partial charge in [-0.25, -0.2) is 13.1 Å². The minimum Gasteiger partial charge on any atom is -0.395 e. The Hall–Kier alpha value is -0.910. The molecule has 1 saturated heterocycles. The number of rotatable bonds is 5. The van der Waals surface area contributed by atoms with E-state index >= 15 is 0 Å². The molecule has 0 atom stereocenters. The third kappa shape index (κ3) is 5.09. The lowest BCUT2D eigenvalue weighted by molar-refractivity contribution is 0.0981. The minimum atomic E-state index is -3.29. The predicted molar refractivity (Wildman–Crippen MR) is 82.5 cm³/mol. The zero-order chi connectivity index (χ0) is 15.1. The average Bonchev–Trinajstić information content (AvgIpc) is 2.95. The first-order chi connectivity index (χ1) is 10.1. The Kier molecular flexibility index (Phi) is 6.21. The summed E-state index contributed by atoms with van der Waals surface area (Å²) >= 11 is 1.46. The molecule has 2 heterocycles.